The average molecular weight is 223 g/mol. The van der Waals surface area contributed by atoms with Gasteiger partial charge in [-0.15, -0.1) is 0 Å². The predicted molar refractivity (Wildman–Crippen MR) is 56.8 cm³/mol. The summed E-state index contributed by atoms with van der Waals surface area (Å²) >= 11 is 0. The largest absolute Gasteiger partial charge is 0.467 e. The second kappa shape index (κ2) is 4.45. The van der Waals surface area contributed by atoms with E-state index >= 15 is 0 Å². The van der Waals surface area contributed by atoms with Crippen LogP contribution in [-0.2, 0) is 6.54 Å². The van der Waals surface area contributed by atoms with Gasteiger partial charge in [-0.2, -0.15) is 0 Å². The molecule has 1 aromatic carbocycles. The molecular weight excluding hydrogens is 212 g/mol. The number of rotatable bonds is 3. The van der Waals surface area contributed by atoms with Gasteiger partial charge in [-0.25, -0.2) is 8.78 Å². The van der Waals surface area contributed by atoms with Gasteiger partial charge in [0.05, 0.1) is 12.8 Å². The molecule has 0 aliphatic carbocycles. The zero-order chi connectivity index (χ0) is 11.5. The summed E-state index contributed by atoms with van der Waals surface area (Å²) in [4.78, 5) is 0. The molecule has 0 saturated carbocycles. The highest BCUT2D eigenvalue weighted by molar-refractivity contribution is 5.65. The minimum absolute atomic E-state index is 0.483. The van der Waals surface area contributed by atoms with Crippen LogP contribution in [0.25, 0.3) is 11.1 Å². The predicted octanol–water partition coefficient (Wildman–Crippen LogP) is 2.94. The van der Waals surface area contributed by atoms with Gasteiger partial charge < -0.3 is 9.73 Å². The van der Waals surface area contributed by atoms with Crippen molar-refractivity contribution in [1.82, 2.24) is 5.32 Å². The van der Waals surface area contributed by atoms with E-state index in [0.29, 0.717) is 23.4 Å². The second-order valence-electron chi connectivity index (χ2n) is 3.45. The molecular formula is C12H11F2NO. The first-order valence-corrected chi connectivity index (χ1v) is 4.88. The summed E-state index contributed by atoms with van der Waals surface area (Å²) in [6, 6.07) is 5.11. The molecule has 2 rings (SSSR count). The van der Waals surface area contributed by atoms with Gasteiger partial charge in [0.1, 0.15) is 17.4 Å². The lowest BCUT2D eigenvalue weighted by Gasteiger charge is -2.03. The first kappa shape index (κ1) is 10.8. The summed E-state index contributed by atoms with van der Waals surface area (Å²) in [6.45, 7) is 0.514. The standard InChI is InChI=1S/C12H11F2NO/c1-15-7-12-11(2-3-16-12)8-4-9(13)6-10(14)5-8/h2-6,15H,7H2,1H3. The highest BCUT2D eigenvalue weighted by Crippen LogP contribution is 2.26. The van der Waals surface area contributed by atoms with E-state index in [1.54, 1.807) is 13.1 Å². The van der Waals surface area contributed by atoms with E-state index in [4.69, 9.17) is 4.42 Å². The molecule has 16 heavy (non-hydrogen) atoms. The summed E-state index contributed by atoms with van der Waals surface area (Å²) in [5, 5.41) is 2.93. The molecule has 2 aromatic rings. The fourth-order valence-corrected chi connectivity index (χ4v) is 1.60. The van der Waals surface area contributed by atoms with Crippen LogP contribution in [0.15, 0.2) is 34.9 Å². The Kier molecular flexibility index (Phi) is 3.01. The van der Waals surface area contributed by atoms with Crippen molar-refractivity contribution in [1.29, 1.82) is 0 Å². The molecule has 1 N–H and O–H groups in total. The zero-order valence-electron chi connectivity index (χ0n) is 8.76. The maximum absolute atomic E-state index is 13.1. The molecule has 0 radical (unpaired) electrons. The minimum atomic E-state index is -0.591. The van der Waals surface area contributed by atoms with E-state index in [9.17, 15) is 8.78 Å². The van der Waals surface area contributed by atoms with Gasteiger partial charge in [0, 0.05) is 11.6 Å². The molecule has 2 nitrogen and oxygen atoms in total. The lowest BCUT2D eigenvalue weighted by molar-refractivity contribution is 0.496. The first-order chi connectivity index (χ1) is 7.70. The van der Waals surface area contributed by atoms with Gasteiger partial charge in [0.2, 0.25) is 0 Å². The van der Waals surface area contributed by atoms with Crippen LogP contribution in [0.5, 0.6) is 0 Å². The molecule has 0 fully saturated rings. The van der Waals surface area contributed by atoms with Crippen LogP contribution in [0, 0.1) is 11.6 Å². The van der Waals surface area contributed by atoms with Gasteiger partial charge >= 0.3 is 0 Å². The molecule has 0 spiro atoms. The molecule has 0 aliphatic rings. The molecule has 0 bridgehead atoms. The number of benzene rings is 1. The molecule has 1 heterocycles. The van der Waals surface area contributed by atoms with Gasteiger partial charge in [-0.05, 0) is 30.8 Å². The third-order valence-corrected chi connectivity index (χ3v) is 2.26. The van der Waals surface area contributed by atoms with Gasteiger partial charge in [-0.1, -0.05) is 0 Å². The van der Waals surface area contributed by atoms with Crippen molar-refractivity contribution in [2.75, 3.05) is 7.05 Å². The van der Waals surface area contributed by atoms with E-state index in [1.807, 2.05) is 0 Å². The van der Waals surface area contributed by atoms with Crippen LogP contribution < -0.4 is 5.32 Å². The highest BCUT2D eigenvalue weighted by Gasteiger charge is 2.10. The van der Waals surface area contributed by atoms with Crippen molar-refractivity contribution in [2.45, 2.75) is 6.54 Å². The number of hydrogen-bond acceptors (Lipinski definition) is 2. The summed E-state index contributed by atoms with van der Waals surface area (Å²) in [6.07, 6.45) is 1.50. The first-order valence-electron chi connectivity index (χ1n) is 4.88. The lowest BCUT2D eigenvalue weighted by Crippen LogP contribution is -2.04. The zero-order valence-corrected chi connectivity index (χ0v) is 8.76. The SMILES string of the molecule is CNCc1occc1-c1cc(F)cc(F)c1. The minimum Gasteiger partial charge on any atom is -0.467 e. The maximum atomic E-state index is 13.1. The van der Waals surface area contributed by atoms with Crippen LogP contribution in [-0.4, -0.2) is 7.05 Å². The van der Waals surface area contributed by atoms with Crippen molar-refractivity contribution in [3.63, 3.8) is 0 Å². The average Bonchev–Trinajstić information content (AvgIpc) is 2.65. The molecule has 0 amide bonds. The summed E-state index contributed by atoms with van der Waals surface area (Å²) in [7, 11) is 1.78. The van der Waals surface area contributed by atoms with E-state index < -0.39 is 11.6 Å². The van der Waals surface area contributed by atoms with Crippen LogP contribution in [0.3, 0.4) is 0 Å². The molecule has 0 atom stereocenters. The van der Waals surface area contributed by atoms with Crippen LogP contribution >= 0.6 is 0 Å². The van der Waals surface area contributed by atoms with E-state index in [1.165, 1.54) is 18.4 Å². The van der Waals surface area contributed by atoms with Gasteiger partial charge in [-0.3, -0.25) is 0 Å². The van der Waals surface area contributed by atoms with Crippen molar-refractivity contribution < 1.29 is 13.2 Å². The second-order valence-corrected chi connectivity index (χ2v) is 3.45. The molecule has 0 saturated heterocycles. The Bertz CT molecular complexity index is 473. The van der Waals surface area contributed by atoms with Crippen molar-refractivity contribution in [2.24, 2.45) is 0 Å². The van der Waals surface area contributed by atoms with E-state index in [-0.39, 0.29) is 0 Å². The van der Waals surface area contributed by atoms with Gasteiger partial charge in [0.15, 0.2) is 0 Å². The Morgan fingerprint density at radius 3 is 2.50 bits per heavy atom. The topological polar surface area (TPSA) is 25.2 Å². The number of furan rings is 1. The number of hydrogen-bond donors (Lipinski definition) is 1. The fraction of sp³-hybridized carbons (Fsp3) is 0.167. The Morgan fingerprint density at radius 1 is 1.19 bits per heavy atom. The summed E-state index contributed by atoms with van der Waals surface area (Å²) < 4.78 is 31.3. The van der Waals surface area contributed by atoms with Crippen molar-refractivity contribution in [3.8, 4) is 11.1 Å². The number of halogens is 2. The highest BCUT2D eigenvalue weighted by atomic mass is 19.1. The fourth-order valence-electron chi connectivity index (χ4n) is 1.60. The lowest BCUT2D eigenvalue weighted by atomic mass is 10.1. The monoisotopic (exact) mass is 223 g/mol. The van der Waals surface area contributed by atoms with E-state index in [0.717, 1.165) is 6.07 Å². The summed E-state index contributed by atoms with van der Waals surface area (Å²) in [5.74, 6) is -0.522. The molecule has 1 aromatic heterocycles. The smallest absolute Gasteiger partial charge is 0.126 e. The Balaban J connectivity index is 2.45. The number of nitrogens with one attached hydrogen (secondary N) is 1. The molecule has 0 unspecified atom stereocenters. The van der Waals surface area contributed by atoms with Crippen LogP contribution in [0.2, 0.25) is 0 Å². The Morgan fingerprint density at radius 2 is 1.88 bits per heavy atom. The Hall–Kier alpha value is -1.68. The van der Waals surface area contributed by atoms with Crippen LogP contribution in [0.1, 0.15) is 5.76 Å². The maximum Gasteiger partial charge on any atom is 0.126 e. The quantitative estimate of drug-likeness (QED) is 0.865. The van der Waals surface area contributed by atoms with Gasteiger partial charge in [0.25, 0.3) is 0 Å². The third kappa shape index (κ3) is 2.12. The van der Waals surface area contributed by atoms with Crippen molar-refractivity contribution in [3.05, 3.63) is 47.9 Å². The van der Waals surface area contributed by atoms with E-state index in [2.05, 4.69) is 5.32 Å². The molecule has 4 heteroatoms. The normalized spacial score (nSPS) is 10.7. The molecule has 84 valence electrons. The Labute approximate surface area is 91.9 Å². The van der Waals surface area contributed by atoms with Crippen LogP contribution in [0.4, 0.5) is 8.78 Å². The molecule has 0 aliphatic heterocycles. The third-order valence-electron chi connectivity index (χ3n) is 2.26. The van der Waals surface area contributed by atoms with Crippen molar-refractivity contribution >= 4 is 0 Å². The summed E-state index contributed by atoms with van der Waals surface area (Å²) in [5.41, 5.74) is 1.18.